The number of benzene rings is 1. The lowest BCUT2D eigenvalue weighted by molar-refractivity contribution is 0.0697. The van der Waals surface area contributed by atoms with Gasteiger partial charge in [-0.1, -0.05) is 12.1 Å². The van der Waals surface area contributed by atoms with Crippen LogP contribution in [0.1, 0.15) is 40.5 Å². The van der Waals surface area contributed by atoms with Crippen molar-refractivity contribution < 1.29 is 9.90 Å². The number of aromatic carboxylic acids is 1. The van der Waals surface area contributed by atoms with Gasteiger partial charge in [0.1, 0.15) is 5.82 Å². The molecule has 1 atom stereocenters. The van der Waals surface area contributed by atoms with Gasteiger partial charge in [0.05, 0.1) is 5.56 Å². The normalized spacial score (nSPS) is 19.2. The number of carbonyl (C=O) groups is 1. The smallest absolute Gasteiger partial charge is 0.335 e. The van der Waals surface area contributed by atoms with Crippen molar-refractivity contribution in [3.8, 4) is 0 Å². The Hall–Kier alpha value is -2.14. The van der Waals surface area contributed by atoms with Crippen molar-refractivity contribution in [2.75, 3.05) is 13.1 Å². The molecule has 5 heteroatoms. The molecule has 2 heterocycles. The molecule has 1 fully saturated rings. The first-order valence-corrected chi connectivity index (χ1v) is 7.65. The molecule has 0 amide bonds. The fraction of sp³-hybridized carbons (Fsp3) is 0.412. The van der Waals surface area contributed by atoms with E-state index in [1.165, 1.54) is 12.8 Å². The Kier molecular flexibility index (Phi) is 4.24. The minimum atomic E-state index is -0.876. The van der Waals surface area contributed by atoms with Crippen LogP contribution in [0.4, 0.5) is 0 Å². The van der Waals surface area contributed by atoms with Crippen LogP contribution in [-0.4, -0.2) is 38.6 Å². The van der Waals surface area contributed by atoms with E-state index >= 15 is 0 Å². The summed E-state index contributed by atoms with van der Waals surface area (Å²) in [6.07, 6.45) is 6.21. The highest BCUT2D eigenvalue weighted by molar-refractivity contribution is 5.87. The van der Waals surface area contributed by atoms with E-state index in [1.807, 2.05) is 31.6 Å². The van der Waals surface area contributed by atoms with Crippen molar-refractivity contribution in [1.82, 2.24) is 14.5 Å². The first-order chi connectivity index (χ1) is 10.6. The van der Waals surface area contributed by atoms with Crippen LogP contribution in [-0.2, 0) is 13.6 Å². The van der Waals surface area contributed by atoms with Crippen LogP contribution in [0.15, 0.2) is 36.7 Å². The van der Waals surface area contributed by atoms with Crippen molar-refractivity contribution in [3.05, 3.63) is 53.6 Å². The summed E-state index contributed by atoms with van der Waals surface area (Å²) in [6, 6.07) is 7.18. The molecule has 22 heavy (non-hydrogen) atoms. The van der Waals surface area contributed by atoms with E-state index in [2.05, 4.69) is 14.5 Å². The number of aromatic nitrogens is 2. The molecule has 1 aromatic heterocycles. The molecular formula is C17H21N3O2. The molecule has 1 aromatic carbocycles. The number of imidazole rings is 1. The van der Waals surface area contributed by atoms with Gasteiger partial charge in [-0.3, -0.25) is 4.90 Å². The number of aryl methyl sites for hydroxylation is 1. The predicted octanol–water partition coefficient (Wildman–Crippen LogP) is 2.50. The molecule has 1 aliphatic rings. The average molecular weight is 299 g/mol. The molecule has 0 radical (unpaired) electrons. The number of hydrogen-bond acceptors (Lipinski definition) is 3. The Morgan fingerprint density at radius 1 is 1.36 bits per heavy atom. The molecule has 5 nitrogen and oxygen atoms in total. The maximum Gasteiger partial charge on any atom is 0.335 e. The number of rotatable bonds is 4. The van der Waals surface area contributed by atoms with Crippen LogP contribution < -0.4 is 0 Å². The quantitative estimate of drug-likeness (QED) is 0.942. The minimum absolute atomic E-state index is 0.341. The van der Waals surface area contributed by atoms with E-state index in [0.29, 0.717) is 11.5 Å². The van der Waals surface area contributed by atoms with Gasteiger partial charge in [-0.05, 0) is 37.1 Å². The summed E-state index contributed by atoms with van der Waals surface area (Å²) < 4.78 is 2.11. The first kappa shape index (κ1) is 14.8. The fourth-order valence-electron chi connectivity index (χ4n) is 3.19. The zero-order chi connectivity index (χ0) is 15.5. The topological polar surface area (TPSA) is 58.4 Å². The third kappa shape index (κ3) is 3.20. The molecule has 0 saturated carbocycles. The monoisotopic (exact) mass is 299 g/mol. The molecule has 1 saturated heterocycles. The molecule has 0 spiro atoms. The lowest BCUT2D eigenvalue weighted by Crippen LogP contribution is -2.34. The highest BCUT2D eigenvalue weighted by atomic mass is 16.4. The van der Waals surface area contributed by atoms with Gasteiger partial charge >= 0.3 is 5.97 Å². The lowest BCUT2D eigenvalue weighted by Gasteiger charge is -2.32. The zero-order valence-corrected chi connectivity index (χ0v) is 12.8. The van der Waals surface area contributed by atoms with Crippen LogP contribution in [0.3, 0.4) is 0 Å². The molecular weight excluding hydrogens is 278 g/mol. The number of nitrogens with zero attached hydrogens (tertiary/aromatic N) is 3. The second-order valence-corrected chi connectivity index (χ2v) is 5.97. The van der Waals surface area contributed by atoms with E-state index in [-0.39, 0.29) is 0 Å². The SMILES string of the molecule is Cn1ccnc1C1CCCN(Cc2ccc(C(=O)O)cc2)C1. The van der Waals surface area contributed by atoms with Gasteiger partial charge in [-0.25, -0.2) is 9.78 Å². The van der Waals surface area contributed by atoms with E-state index in [1.54, 1.807) is 12.1 Å². The van der Waals surface area contributed by atoms with Gasteiger partial charge in [0.25, 0.3) is 0 Å². The number of carboxylic acid groups (broad SMARTS) is 1. The Balaban J connectivity index is 1.65. The molecule has 1 unspecified atom stereocenters. The molecule has 2 aromatic rings. The predicted molar refractivity (Wildman–Crippen MR) is 83.9 cm³/mol. The van der Waals surface area contributed by atoms with Crippen LogP contribution in [0.5, 0.6) is 0 Å². The van der Waals surface area contributed by atoms with E-state index < -0.39 is 5.97 Å². The highest BCUT2D eigenvalue weighted by Gasteiger charge is 2.24. The van der Waals surface area contributed by atoms with Gasteiger partial charge in [-0.15, -0.1) is 0 Å². The summed E-state index contributed by atoms with van der Waals surface area (Å²) in [4.78, 5) is 17.8. The Bertz CT molecular complexity index is 648. The van der Waals surface area contributed by atoms with Gasteiger partial charge < -0.3 is 9.67 Å². The van der Waals surface area contributed by atoms with E-state index in [9.17, 15) is 4.79 Å². The second kappa shape index (κ2) is 6.32. The summed E-state index contributed by atoms with van der Waals surface area (Å²) in [5.41, 5.74) is 1.50. The van der Waals surface area contributed by atoms with Crippen LogP contribution in [0.2, 0.25) is 0 Å². The Morgan fingerprint density at radius 2 is 2.14 bits per heavy atom. The molecule has 3 rings (SSSR count). The fourth-order valence-corrected chi connectivity index (χ4v) is 3.19. The van der Waals surface area contributed by atoms with E-state index in [0.717, 1.165) is 31.0 Å². The van der Waals surface area contributed by atoms with Crippen molar-refractivity contribution in [3.63, 3.8) is 0 Å². The van der Waals surface area contributed by atoms with Crippen LogP contribution in [0, 0.1) is 0 Å². The van der Waals surface area contributed by atoms with Gasteiger partial charge in [0.15, 0.2) is 0 Å². The minimum Gasteiger partial charge on any atom is -0.478 e. The highest BCUT2D eigenvalue weighted by Crippen LogP contribution is 2.26. The lowest BCUT2D eigenvalue weighted by atomic mass is 9.96. The zero-order valence-electron chi connectivity index (χ0n) is 12.8. The number of piperidine rings is 1. The number of hydrogen-bond donors (Lipinski definition) is 1. The van der Waals surface area contributed by atoms with Crippen molar-refractivity contribution in [2.24, 2.45) is 7.05 Å². The Morgan fingerprint density at radius 3 is 2.77 bits per heavy atom. The number of likely N-dealkylation sites (tertiary alicyclic amines) is 1. The van der Waals surface area contributed by atoms with Gasteiger partial charge in [0.2, 0.25) is 0 Å². The van der Waals surface area contributed by atoms with Crippen molar-refractivity contribution in [2.45, 2.75) is 25.3 Å². The average Bonchev–Trinajstić information content (AvgIpc) is 2.94. The third-order valence-corrected chi connectivity index (χ3v) is 4.34. The summed E-state index contributed by atoms with van der Waals surface area (Å²) >= 11 is 0. The molecule has 0 bridgehead atoms. The molecule has 1 aliphatic heterocycles. The number of carboxylic acids is 1. The standard InChI is InChI=1S/C17H21N3O2/c1-19-10-8-18-16(19)15-3-2-9-20(12-15)11-13-4-6-14(7-5-13)17(21)22/h4-8,10,15H,2-3,9,11-12H2,1H3,(H,21,22). The first-order valence-electron chi connectivity index (χ1n) is 7.65. The van der Waals surface area contributed by atoms with Crippen LogP contribution in [0.25, 0.3) is 0 Å². The van der Waals surface area contributed by atoms with Crippen molar-refractivity contribution >= 4 is 5.97 Å². The van der Waals surface area contributed by atoms with Gasteiger partial charge in [-0.2, -0.15) is 0 Å². The molecule has 1 N–H and O–H groups in total. The van der Waals surface area contributed by atoms with Crippen LogP contribution >= 0.6 is 0 Å². The van der Waals surface area contributed by atoms with Crippen molar-refractivity contribution in [1.29, 1.82) is 0 Å². The second-order valence-electron chi connectivity index (χ2n) is 5.97. The maximum atomic E-state index is 10.9. The summed E-state index contributed by atoms with van der Waals surface area (Å²) in [6.45, 7) is 2.95. The largest absolute Gasteiger partial charge is 0.478 e. The summed E-state index contributed by atoms with van der Waals surface area (Å²) in [7, 11) is 2.05. The maximum absolute atomic E-state index is 10.9. The molecule has 0 aliphatic carbocycles. The third-order valence-electron chi connectivity index (χ3n) is 4.34. The van der Waals surface area contributed by atoms with Gasteiger partial charge in [0, 0.05) is 38.4 Å². The molecule has 116 valence electrons. The summed E-state index contributed by atoms with van der Waals surface area (Å²) in [5, 5.41) is 8.94. The van der Waals surface area contributed by atoms with E-state index in [4.69, 9.17) is 5.11 Å². The summed E-state index contributed by atoms with van der Waals surface area (Å²) in [5.74, 6) is 0.761. The Labute approximate surface area is 130 Å².